The van der Waals surface area contributed by atoms with Gasteiger partial charge in [0.15, 0.2) is 8.32 Å². The standard InChI is InChI=1S/C15H30F3NO2Si/c1-11(2)9-19(10-12(3)4)13(20)14(5,15(16,17)18)21-22(6,7)8/h11-12H,9-10H2,1-8H3. The third kappa shape index (κ3) is 6.28. The Bertz CT molecular complexity index is 368. The maximum atomic E-state index is 13.6. The second-order valence-electron chi connectivity index (χ2n) is 7.74. The zero-order valence-electron chi connectivity index (χ0n) is 15.0. The molecule has 22 heavy (non-hydrogen) atoms. The summed E-state index contributed by atoms with van der Waals surface area (Å²) in [4.78, 5) is 14.0. The molecule has 0 rings (SSSR count). The van der Waals surface area contributed by atoms with Crippen LogP contribution in [0.4, 0.5) is 13.2 Å². The van der Waals surface area contributed by atoms with Gasteiger partial charge in [-0.15, -0.1) is 0 Å². The molecule has 0 aromatic carbocycles. The lowest BCUT2D eigenvalue weighted by Gasteiger charge is -2.40. The summed E-state index contributed by atoms with van der Waals surface area (Å²) >= 11 is 0. The highest BCUT2D eigenvalue weighted by Gasteiger charge is 2.60. The highest BCUT2D eigenvalue weighted by atomic mass is 28.4. The van der Waals surface area contributed by atoms with Crippen molar-refractivity contribution < 1.29 is 22.4 Å². The molecule has 0 aliphatic rings. The predicted octanol–water partition coefficient (Wildman–Crippen LogP) is 4.30. The Hall–Kier alpha value is -0.563. The summed E-state index contributed by atoms with van der Waals surface area (Å²) in [6.45, 7) is 13.9. The normalized spacial score (nSPS) is 16.0. The van der Waals surface area contributed by atoms with Crippen molar-refractivity contribution in [3.05, 3.63) is 0 Å². The number of alkyl halides is 3. The van der Waals surface area contributed by atoms with Crippen molar-refractivity contribution >= 4 is 14.2 Å². The first kappa shape index (κ1) is 21.4. The van der Waals surface area contributed by atoms with E-state index in [4.69, 9.17) is 4.43 Å². The molecule has 0 bridgehead atoms. The van der Waals surface area contributed by atoms with Gasteiger partial charge in [0.1, 0.15) is 0 Å². The lowest BCUT2D eigenvalue weighted by atomic mass is 10.0. The third-order valence-corrected chi connectivity index (χ3v) is 3.94. The van der Waals surface area contributed by atoms with E-state index in [1.807, 2.05) is 27.7 Å². The van der Waals surface area contributed by atoms with E-state index in [2.05, 4.69) is 0 Å². The first-order valence-corrected chi connectivity index (χ1v) is 11.1. The summed E-state index contributed by atoms with van der Waals surface area (Å²) in [6, 6.07) is 0. The average molecular weight is 341 g/mol. The van der Waals surface area contributed by atoms with Crippen LogP contribution in [-0.2, 0) is 9.22 Å². The first-order valence-electron chi connectivity index (χ1n) is 7.66. The molecule has 1 atom stereocenters. The van der Waals surface area contributed by atoms with E-state index in [9.17, 15) is 18.0 Å². The molecule has 0 fully saturated rings. The van der Waals surface area contributed by atoms with Crippen LogP contribution in [0.15, 0.2) is 0 Å². The molecule has 7 heteroatoms. The van der Waals surface area contributed by atoms with Crippen molar-refractivity contribution in [2.75, 3.05) is 13.1 Å². The maximum absolute atomic E-state index is 13.6. The highest BCUT2D eigenvalue weighted by Crippen LogP contribution is 2.37. The maximum Gasteiger partial charge on any atom is 0.425 e. The summed E-state index contributed by atoms with van der Waals surface area (Å²) in [7, 11) is -2.56. The number of hydrogen-bond donors (Lipinski definition) is 0. The van der Waals surface area contributed by atoms with Gasteiger partial charge in [0.25, 0.3) is 5.91 Å². The number of hydrogen-bond acceptors (Lipinski definition) is 2. The van der Waals surface area contributed by atoms with Gasteiger partial charge in [-0.25, -0.2) is 0 Å². The molecule has 0 radical (unpaired) electrons. The fraction of sp³-hybridized carbons (Fsp3) is 0.933. The molecule has 0 aliphatic carbocycles. The van der Waals surface area contributed by atoms with Crippen LogP contribution in [-0.4, -0.2) is 44.0 Å². The smallest absolute Gasteiger partial charge is 0.397 e. The fourth-order valence-electron chi connectivity index (χ4n) is 2.26. The summed E-state index contributed by atoms with van der Waals surface area (Å²) in [5, 5.41) is 0. The van der Waals surface area contributed by atoms with Gasteiger partial charge in [-0.1, -0.05) is 27.7 Å². The monoisotopic (exact) mass is 341 g/mol. The number of carbonyl (C=O) groups is 1. The van der Waals surface area contributed by atoms with E-state index in [1.54, 1.807) is 19.6 Å². The van der Waals surface area contributed by atoms with Crippen molar-refractivity contribution in [3.63, 3.8) is 0 Å². The van der Waals surface area contributed by atoms with E-state index in [0.717, 1.165) is 6.92 Å². The molecule has 0 saturated carbocycles. The van der Waals surface area contributed by atoms with Gasteiger partial charge in [-0.2, -0.15) is 13.2 Å². The van der Waals surface area contributed by atoms with Crippen LogP contribution in [0.5, 0.6) is 0 Å². The second-order valence-corrected chi connectivity index (χ2v) is 12.2. The summed E-state index contributed by atoms with van der Waals surface area (Å²) < 4.78 is 46.0. The molecular formula is C15H30F3NO2Si. The second kappa shape index (κ2) is 7.34. The third-order valence-electron chi connectivity index (χ3n) is 2.92. The number of halogens is 3. The van der Waals surface area contributed by atoms with Crippen molar-refractivity contribution in [1.29, 1.82) is 0 Å². The quantitative estimate of drug-likeness (QED) is 0.646. The Kier molecular flexibility index (Phi) is 7.15. The number of carbonyl (C=O) groups excluding carboxylic acids is 1. The first-order chi connectivity index (χ1) is 9.60. The van der Waals surface area contributed by atoms with Gasteiger partial charge in [0, 0.05) is 13.1 Å². The summed E-state index contributed by atoms with van der Waals surface area (Å²) in [6.07, 6.45) is -4.74. The minimum absolute atomic E-state index is 0.0899. The van der Waals surface area contributed by atoms with E-state index in [-0.39, 0.29) is 24.9 Å². The SMILES string of the molecule is CC(C)CN(CC(C)C)C(=O)C(C)(O[Si](C)(C)C)C(F)(F)F. The van der Waals surface area contributed by atoms with Crippen molar-refractivity contribution in [3.8, 4) is 0 Å². The molecule has 0 aliphatic heterocycles. The average Bonchev–Trinajstić information content (AvgIpc) is 2.21. The predicted molar refractivity (Wildman–Crippen MR) is 85.1 cm³/mol. The van der Waals surface area contributed by atoms with Crippen LogP contribution in [0.1, 0.15) is 34.6 Å². The van der Waals surface area contributed by atoms with E-state index < -0.39 is 26.0 Å². The highest BCUT2D eigenvalue weighted by molar-refractivity contribution is 6.70. The molecule has 3 nitrogen and oxygen atoms in total. The van der Waals surface area contributed by atoms with Crippen LogP contribution in [0, 0.1) is 11.8 Å². The molecule has 0 N–H and O–H groups in total. The van der Waals surface area contributed by atoms with Crippen LogP contribution in [0.2, 0.25) is 19.6 Å². The Morgan fingerprint density at radius 3 is 1.64 bits per heavy atom. The van der Waals surface area contributed by atoms with Crippen molar-refractivity contribution in [2.24, 2.45) is 11.8 Å². The molecule has 0 aromatic rings. The molecule has 0 saturated heterocycles. The Morgan fingerprint density at radius 2 is 1.41 bits per heavy atom. The minimum Gasteiger partial charge on any atom is -0.397 e. The number of rotatable bonds is 7. The van der Waals surface area contributed by atoms with E-state index in [0.29, 0.717) is 0 Å². The van der Waals surface area contributed by atoms with Gasteiger partial charge >= 0.3 is 6.18 Å². The summed E-state index contributed by atoms with van der Waals surface area (Å²) in [5.74, 6) is -0.802. The minimum atomic E-state index is -4.74. The Balaban J connectivity index is 5.64. The molecule has 132 valence electrons. The van der Waals surface area contributed by atoms with Crippen molar-refractivity contribution in [1.82, 2.24) is 4.90 Å². The number of amides is 1. The van der Waals surface area contributed by atoms with E-state index in [1.165, 1.54) is 4.90 Å². The lowest BCUT2D eigenvalue weighted by Crippen LogP contribution is -2.61. The molecule has 1 amide bonds. The zero-order chi connectivity index (χ0) is 17.9. The van der Waals surface area contributed by atoms with Crippen molar-refractivity contribution in [2.45, 2.75) is 66.0 Å². The molecule has 0 spiro atoms. The summed E-state index contributed by atoms with van der Waals surface area (Å²) in [5.41, 5.74) is -2.78. The van der Waals surface area contributed by atoms with Gasteiger partial charge in [-0.05, 0) is 38.4 Å². The molecule has 1 unspecified atom stereocenters. The largest absolute Gasteiger partial charge is 0.425 e. The zero-order valence-corrected chi connectivity index (χ0v) is 16.0. The topological polar surface area (TPSA) is 29.5 Å². The van der Waals surface area contributed by atoms with Crippen LogP contribution >= 0.6 is 0 Å². The lowest BCUT2D eigenvalue weighted by molar-refractivity contribution is -0.244. The van der Waals surface area contributed by atoms with Gasteiger partial charge in [0.2, 0.25) is 5.60 Å². The fourth-order valence-corrected chi connectivity index (χ4v) is 3.69. The van der Waals surface area contributed by atoms with Gasteiger partial charge in [0.05, 0.1) is 0 Å². The van der Waals surface area contributed by atoms with Gasteiger partial charge in [-0.3, -0.25) is 4.79 Å². The van der Waals surface area contributed by atoms with Crippen LogP contribution in [0.3, 0.4) is 0 Å². The van der Waals surface area contributed by atoms with Crippen LogP contribution in [0.25, 0.3) is 0 Å². The molecular weight excluding hydrogens is 311 g/mol. The molecule has 0 heterocycles. The Morgan fingerprint density at radius 1 is 1.05 bits per heavy atom. The van der Waals surface area contributed by atoms with Gasteiger partial charge < -0.3 is 9.33 Å². The molecule has 0 aromatic heterocycles. The van der Waals surface area contributed by atoms with Crippen LogP contribution < -0.4 is 0 Å². The number of nitrogens with zero attached hydrogens (tertiary/aromatic N) is 1. The Labute approximate surface area is 133 Å². The van der Waals surface area contributed by atoms with E-state index >= 15 is 0 Å².